The van der Waals surface area contributed by atoms with E-state index in [-0.39, 0.29) is 5.91 Å². The number of hydrogen-bond acceptors (Lipinski definition) is 6. The van der Waals surface area contributed by atoms with E-state index in [0.717, 1.165) is 23.4 Å². The maximum atomic E-state index is 13.0. The average molecular weight is 480 g/mol. The lowest BCUT2D eigenvalue weighted by Crippen LogP contribution is -2.37. The monoisotopic (exact) mass is 479 g/mol. The summed E-state index contributed by atoms with van der Waals surface area (Å²) in [6.45, 7) is 1.10. The largest absolute Gasteiger partial charge is 0.454 e. The molecule has 1 N–H and O–H groups in total. The molecule has 166 valence electrons. The van der Waals surface area contributed by atoms with Gasteiger partial charge in [0, 0.05) is 30.7 Å². The molecule has 0 saturated heterocycles. The molecule has 0 spiro atoms. The number of fused-ring (bicyclic) bond motifs is 1. The minimum absolute atomic E-state index is 0.0152. The summed E-state index contributed by atoms with van der Waals surface area (Å²) < 4.78 is 6.02. The van der Waals surface area contributed by atoms with Crippen LogP contribution in [-0.2, 0) is 13.0 Å². The Morgan fingerprint density at radius 2 is 1.94 bits per heavy atom. The summed E-state index contributed by atoms with van der Waals surface area (Å²) in [4.78, 5) is 23.2. The van der Waals surface area contributed by atoms with Gasteiger partial charge in [-0.1, -0.05) is 29.3 Å². The second-order valence-electron chi connectivity index (χ2n) is 7.54. The van der Waals surface area contributed by atoms with Crippen LogP contribution in [0.3, 0.4) is 0 Å². The van der Waals surface area contributed by atoms with Gasteiger partial charge < -0.3 is 9.64 Å². The zero-order valence-electron chi connectivity index (χ0n) is 17.4. The summed E-state index contributed by atoms with van der Waals surface area (Å²) in [7, 11) is 0. The van der Waals surface area contributed by atoms with Gasteiger partial charge in [0.05, 0.1) is 28.0 Å². The fourth-order valence-electron chi connectivity index (χ4n) is 3.75. The van der Waals surface area contributed by atoms with Crippen LogP contribution >= 0.6 is 23.2 Å². The average Bonchev–Trinajstić information content (AvgIpc) is 2.84. The maximum absolute atomic E-state index is 13.0. The minimum atomic E-state index is -0.0152. The molecule has 0 saturated carbocycles. The number of ether oxygens (including phenoxy) is 1. The number of aromatic nitrogens is 1. The van der Waals surface area contributed by atoms with Crippen LogP contribution in [0.25, 0.3) is 0 Å². The van der Waals surface area contributed by atoms with E-state index >= 15 is 0 Å². The van der Waals surface area contributed by atoms with Crippen molar-refractivity contribution in [1.82, 2.24) is 15.3 Å². The number of aliphatic imine (C=N–C) groups is 1. The predicted molar refractivity (Wildman–Crippen MR) is 129 cm³/mol. The van der Waals surface area contributed by atoms with E-state index in [4.69, 9.17) is 27.9 Å². The first-order chi connectivity index (χ1) is 16.1. The van der Waals surface area contributed by atoms with Gasteiger partial charge in [0.15, 0.2) is 5.75 Å². The molecule has 5 rings (SSSR count). The number of carbonyl (C=O) groups excluding carboxylic acids is 1. The molecule has 9 heteroatoms. The topological polar surface area (TPSA) is 70.1 Å². The van der Waals surface area contributed by atoms with E-state index in [9.17, 15) is 4.79 Å². The summed E-state index contributed by atoms with van der Waals surface area (Å²) in [6, 6.07) is 14.6. The molecule has 2 aliphatic heterocycles. The third kappa shape index (κ3) is 4.51. The van der Waals surface area contributed by atoms with Crippen LogP contribution in [-0.4, -0.2) is 28.7 Å². The molecular formula is C24H19Cl2N5O2. The van der Waals surface area contributed by atoms with E-state index in [1.807, 2.05) is 29.2 Å². The zero-order chi connectivity index (χ0) is 22.8. The third-order valence-corrected chi connectivity index (χ3v) is 5.92. The number of benzene rings is 2. The molecular weight excluding hydrogens is 461 g/mol. The van der Waals surface area contributed by atoms with Crippen molar-refractivity contribution in [3.05, 3.63) is 94.0 Å². The smallest absolute Gasteiger partial charge is 0.254 e. The Morgan fingerprint density at radius 3 is 2.67 bits per heavy atom. The third-order valence-electron chi connectivity index (χ3n) is 5.36. The van der Waals surface area contributed by atoms with Crippen molar-refractivity contribution in [1.29, 1.82) is 0 Å². The number of hydrazine groups is 1. The fourth-order valence-corrected chi connectivity index (χ4v) is 4.30. The summed E-state index contributed by atoms with van der Waals surface area (Å²) in [5.74, 6) is 0.904. The molecule has 2 aromatic carbocycles. The van der Waals surface area contributed by atoms with Crippen molar-refractivity contribution in [2.75, 3.05) is 11.6 Å². The minimum Gasteiger partial charge on any atom is -0.454 e. The second-order valence-corrected chi connectivity index (χ2v) is 8.35. The van der Waals surface area contributed by atoms with E-state index in [2.05, 4.69) is 15.4 Å². The van der Waals surface area contributed by atoms with Gasteiger partial charge in [-0.15, -0.1) is 0 Å². The van der Waals surface area contributed by atoms with E-state index in [1.165, 1.54) is 0 Å². The van der Waals surface area contributed by atoms with Gasteiger partial charge in [-0.2, -0.15) is 0 Å². The molecule has 0 bridgehead atoms. The maximum Gasteiger partial charge on any atom is 0.254 e. The van der Waals surface area contributed by atoms with Crippen LogP contribution in [0.15, 0.2) is 72.1 Å². The Kier molecular flexibility index (Phi) is 5.90. The van der Waals surface area contributed by atoms with Gasteiger partial charge >= 0.3 is 0 Å². The fraction of sp³-hybridized carbons (Fsp3) is 0.125. The molecule has 3 heterocycles. The molecule has 0 aliphatic carbocycles. The first-order valence-electron chi connectivity index (χ1n) is 10.3. The lowest BCUT2D eigenvalue weighted by Gasteiger charge is -2.28. The number of rotatable bonds is 5. The molecule has 1 aromatic heterocycles. The number of nitrogens with one attached hydrogen (secondary N) is 1. The Labute approximate surface area is 200 Å². The lowest BCUT2D eigenvalue weighted by molar-refractivity contribution is 0.0725. The Hall–Kier alpha value is -3.55. The first-order valence-corrected chi connectivity index (χ1v) is 11.1. The van der Waals surface area contributed by atoms with E-state index < -0.39 is 0 Å². The van der Waals surface area contributed by atoms with Crippen LogP contribution in [0.2, 0.25) is 10.0 Å². The second kappa shape index (κ2) is 9.13. The summed E-state index contributed by atoms with van der Waals surface area (Å²) in [5, 5.41) is 2.40. The van der Waals surface area contributed by atoms with E-state index in [0.29, 0.717) is 40.2 Å². The normalized spacial score (nSPS) is 14.8. The highest BCUT2D eigenvalue weighted by Crippen LogP contribution is 2.40. The molecule has 3 aromatic rings. The van der Waals surface area contributed by atoms with Crippen LogP contribution < -0.4 is 15.2 Å². The molecule has 1 amide bonds. The van der Waals surface area contributed by atoms with Crippen LogP contribution in [0.1, 0.15) is 21.6 Å². The number of halogens is 2. The molecule has 0 radical (unpaired) electrons. The van der Waals surface area contributed by atoms with E-state index in [1.54, 1.807) is 54.2 Å². The number of anilines is 1. The summed E-state index contributed by atoms with van der Waals surface area (Å²) >= 11 is 12.9. The van der Waals surface area contributed by atoms with Crippen LogP contribution in [0.4, 0.5) is 5.69 Å². The number of pyridine rings is 1. The lowest BCUT2D eigenvalue weighted by atomic mass is 9.98. The SMILES string of the molecule is O=C1c2ccc(Oc3c(Cl)cc(N4C=NC=CN4)cc3Cl)cc2CCN1Cc1ccccn1. The van der Waals surface area contributed by atoms with Gasteiger partial charge in [-0.05, 0) is 54.4 Å². The number of amides is 1. The molecule has 2 aliphatic rings. The van der Waals surface area contributed by atoms with Gasteiger partial charge in [-0.3, -0.25) is 15.2 Å². The van der Waals surface area contributed by atoms with Gasteiger partial charge in [0.1, 0.15) is 12.1 Å². The van der Waals surface area contributed by atoms with Crippen molar-refractivity contribution in [3.63, 3.8) is 0 Å². The van der Waals surface area contributed by atoms with Crippen molar-refractivity contribution in [3.8, 4) is 11.5 Å². The Balaban J connectivity index is 1.34. The Bertz CT molecular complexity index is 1240. The predicted octanol–water partition coefficient (Wildman–Crippen LogP) is 5.20. The van der Waals surface area contributed by atoms with Gasteiger partial charge in [-0.25, -0.2) is 10.0 Å². The highest BCUT2D eigenvalue weighted by Gasteiger charge is 2.25. The number of nitrogens with zero attached hydrogens (tertiary/aromatic N) is 4. The highest BCUT2D eigenvalue weighted by molar-refractivity contribution is 6.37. The van der Waals surface area contributed by atoms with Crippen LogP contribution in [0, 0.1) is 0 Å². The van der Waals surface area contributed by atoms with Crippen molar-refractivity contribution < 1.29 is 9.53 Å². The molecule has 33 heavy (non-hydrogen) atoms. The molecule has 0 atom stereocenters. The van der Waals surface area contributed by atoms with Crippen LogP contribution in [0.5, 0.6) is 11.5 Å². The standard InChI is InChI=1S/C24H19Cl2N5O2/c25-21-12-18(31-15-27-8-9-29-31)13-22(26)23(21)33-19-4-5-20-16(11-19)6-10-30(24(20)32)14-17-3-1-2-7-28-17/h1-5,7-9,11-13,15,29H,6,10,14H2. The molecule has 7 nitrogen and oxygen atoms in total. The van der Waals surface area contributed by atoms with Crippen molar-refractivity contribution in [2.24, 2.45) is 4.99 Å². The summed E-state index contributed by atoms with van der Waals surface area (Å²) in [5.41, 5.74) is 6.20. The van der Waals surface area contributed by atoms with Gasteiger partial charge in [0.25, 0.3) is 5.91 Å². The quantitative estimate of drug-likeness (QED) is 0.544. The number of hydrogen-bond donors (Lipinski definition) is 1. The first kappa shape index (κ1) is 21.3. The van der Waals surface area contributed by atoms with Crippen molar-refractivity contribution >= 4 is 41.1 Å². The Morgan fingerprint density at radius 1 is 1.09 bits per heavy atom. The van der Waals surface area contributed by atoms with Crippen molar-refractivity contribution in [2.45, 2.75) is 13.0 Å². The highest BCUT2D eigenvalue weighted by atomic mass is 35.5. The number of carbonyl (C=O) groups is 1. The van der Waals surface area contributed by atoms with Gasteiger partial charge in [0.2, 0.25) is 0 Å². The molecule has 0 fully saturated rings. The zero-order valence-corrected chi connectivity index (χ0v) is 18.9. The molecule has 0 unspecified atom stereocenters. The summed E-state index contributed by atoms with van der Waals surface area (Å²) in [6.07, 6.45) is 7.39.